The fraction of sp³-hybridized carbons (Fsp3) is 0.733. The second kappa shape index (κ2) is 4.25. The molecule has 0 aromatic heterocycles. The van der Waals surface area contributed by atoms with Gasteiger partial charge in [-0.3, -0.25) is 0 Å². The molecular weight excluding hydrogens is 212 g/mol. The van der Waals surface area contributed by atoms with Gasteiger partial charge in [0.1, 0.15) is 0 Å². The Kier molecular flexibility index (Phi) is 3.21. The Morgan fingerprint density at radius 2 is 2.12 bits per heavy atom. The topological polar surface area (TPSA) is 40.5 Å². The third-order valence-corrected chi connectivity index (χ3v) is 5.09. The molecule has 0 heterocycles. The van der Waals surface area contributed by atoms with Gasteiger partial charge in [-0.15, -0.1) is 0 Å². The van der Waals surface area contributed by atoms with E-state index in [9.17, 15) is 10.2 Å². The molecule has 2 heteroatoms. The van der Waals surface area contributed by atoms with Gasteiger partial charge in [0.25, 0.3) is 0 Å². The van der Waals surface area contributed by atoms with Crippen molar-refractivity contribution >= 4 is 0 Å². The van der Waals surface area contributed by atoms with Crippen LogP contribution in [0.2, 0.25) is 0 Å². The maximum Gasteiger partial charge on any atom is 0.0789 e. The summed E-state index contributed by atoms with van der Waals surface area (Å²) in [4.78, 5) is 0. The molecule has 2 aliphatic rings. The van der Waals surface area contributed by atoms with Crippen molar-refractivity contribution in [2.45, 2.75) is 52.2 Å². The Balaban J connectivity index is 2.36. The van der Waals surface area contributed by atoms with Crippen molar-refractivity contribution in [2.75, 3.05) is 0 Å². The van der Waals surface area contributed by atoms with E-state index >= 15 is 0 Å². The lowest BCUT2D eigenvalue weighted by atomic mass is 9.56. The second-order valence-corrected chi connectivity index (χ2v) is 6.15. The number of hydrogen-bond acceptors (Lipinski definition) is 2. The summed E-state index contributed by atoms with van der Waals surface area (Å²) in [5.41, 5.74) is 2.40. The van der Waals surface area contributed by atoms with Crippen LogP contribution in [0.5, 0.6) is 0 Å². The van der Waals surface area contributed by atoms with Crippen LogP contribution in [0.25, 0.3) is 0 Å². The number of aliphatic hydroxyl groups is 2. The zero-order chi connectivity index (χ0) is 12.8. The third-order valence-electron chi connectivity index (χ3n) is 5.09. The quantitative estimate of drug-likeness (QED) is 0.687. The molecule has 1 saturated carbocycles. The molecule has 2 rings (SSSR count). The summed E-state index contributed by atoms with van der Waals surface area (Å²) in [5, 5.41) is 20.2. The van der Waals surface area contributed by atoms with E-state index in [1.165, 1.54) is 5.57 Å². The lowest BCUT2D eigenvalue weighted by molar-refractivity contribution is -0.00407. The summed E-state index contributed by atoms with van der Waals surface area (Å²) >= 11 is 0. The molecule has 5 atom stereocenters. The van der Waals surface area contributed by atoms with E-state index in [2.05, 4.69) is 20.4 Å². The van der Waals surface area contributed by atoms with Gasteiger partial charge in [-0.2, -0.15) is 0 Å². The average Bonchev–Trinajstić information content (AvgIpc) is 2.26. The lowest BCUT2D eigenvalue weighted by Crippen LogP contribution is -2.45. The molecule has 2 nitrogen and oxygen atoms in total. The SMILES string of the molecule is C=C(C)[C@@H]1C[C@@]2(C)C(=C[C@H]1O)CC[C@@H](O)[C@@H]2C. The Labute approximate surface area is 104 Å². The van der Waals surface area contributed by atoms with Gasteiger partial charge in [0.2, 0.25) is 0 Å². The highest BCUT2D eigenvalue weighted by Crippen LogP contribution is 2.52. The molecule has 96 valence electrons. The predicted octanol–water partition coefficient (Wildman–Crippen LogP) is 2.67. The third kappa shape index (κ3) is 1.98. The first-order valence-corrected chi connectivity index (χ1v) is 6.59. The number of aliphatic hydroxyl groups excluding tert-OH is 2. The molecule has 17 heavy (non-hydrogen) atoms. The molecule has 0 aromatic rings. The molecule has 0 saturated heterocycles. The Morgan fingerprint density at radius 3 is 2.71 bits per heavy atom. The molecule has 2 N–H and O–H groups in total. The summed E-state index contributed by atoms with van der Waals surface area (Å²) < 4.78 is 0. The van der Waals surface area contributed by atoms with Crippen molar-refractivity contribution in [1.82, 2.24) is 0 Å². The van der Waals surface area contributed by atoms with Crippen LogP contribution in [0, 0.1) is 17.3 Å². The molecule has 0 amide bonds. The summed E-state index contributed by atoms with van der Waals surface area (Å²) in [7, 11) is 0. The van der Waals surface area contributed by atoms with Crippen LogP contribution in [0.3, 0.4) is 0 Å². The monoisotopic (exact) mass is 236 g/mol. The van der Waals surface area contributed by atoms with Crippen LogP contribution < -0.4 is 0 Å². The van der Waals surface area contributed by atoms with Crippen molar-refractivity contribution in [2.24, 2.45) is 17.3 Å². The van der Waals surface area contributed by atoms with Gasteiger partial charge < -0.3 is 10.2 Å². The first-order valence-electron chi connectivity index (χ1n) is 6.59. The molecule has 2 aliphatic carbocycles. The Bertz CT molecular complexity index is 358. The zero-order valence-electron chi connectivity index (χ0n) is 11.1. The fourth-order valence-corrected chi connectivity index (χ4v) is 3.51. The highest BCUT2D eigenvalue weighted by molar-refractivity contribution is 5.27. The summed E-state index contributed by atoms with van der Waals surface area (Å²) in [6, 6.07) is 0. The van der Waals surface area contributed by atoms with Crippen LogP contribution in [-0.4, -0.2) is 22.4 Å². The van der Waals surface area contributed by atoms with Gasteiger partial charge in [0.15, 0.2) is 0 Å². The van der Waals surface area contributed by atoms with Crippen LogP contribution in [0.4, 0.5) is 0 Å². The van der Waals surface area contributed by atoms with Crippen molar-refractivity contribution in [3.05, 3.63) is 23.8 Å². The zero-order valence-corrected chi connectivity index (χ0v) is 11.1. The van der Waals surface area contributed by atoms with E-state index in [0.29, 0.717) is 0 Å². The minimum atomic E-state index is -0.391. The van der Waals surface area contributed by atoms with E-state index in [1.54, 1.807) is 0 Å². The number of allylic oxidation sites excluding steroid dienone is 1. The molecule has 1 fully saturated rings. The molecule has 0 spiro atoms. The average molecular weight is 236 g/mol. The smallest absolute Gasteiger partial charge is 0.0789 e. The van der Waals surface area contributed by atoms with E-state index in [1.807, 2.05) is 13.0 Å². The van der Waals surface area contributed by atoms with Crippen molar-refractivity contribution < 1.29 is 10.2 Å². The van der Waals surface area contributed by atoms with Gasteiger partial charge in [-0.1, -0.05) is 37.6 Å². The second-order valence-electron chi connectivity index (χ2n) is 6.15. The van der Waals surface area contributed by atoms with E-state index in [-0.39, 0.29) is 23.4 Å². The summed E-state index contributed by atoms with van der Waals surface area (Å²) in [6.07, 6.45) is 4.07. The van der Waals surface area contributed by atoms with E-state index in [0.717, 1.165) is 24.8 Å². The maximum absolute atomic E-state index is 10.1. The van der Waals surface area contributed by atoms with Gasteiger partial charge in [0, 0.05) is 5.92 Å². The molecule has 0 aromatic carbocycles. The normalized spacial score (nSPS) is 46.1. The fourth-order valence-electron chi connectivity index (χ4n) is 3.51. The highest BCUT2D eigenvalue weighted by atomic mass is 16.3. The minimum Gasteiger partial charge on any atom is -0.393 e. The molecule has 0 aliphatic heterocycles. The number of rotatable bonds is 1. The standard InChI is InChI=1S/C15H24O2/c1-9(2)12-8-15(4)10(3)13(16)6-5-11(15)7-14(12)17/h7,10,12-14,16-17H,1,5-6,8H2,2-4H3/t10-,12-,13+,14+,15+/m0/s1. The Morgan fingerprint density at radius 1 is 1.47 bits per heavy atom. The van der Waals surface area contributed by atoms with Crippen LogP contribution in [0.1, 0.15) is 40.0 Å². The van der Waals surface area contributed by atoms with E-state index < -0.39 is 6.10 Å². The molecule has 0 radical (unpaired) electrons. The number of fused-ring (bicyclic) bond motifs is 1. The largest absolute Gasteiger partial charge is 0.393 e. The van der Waals surface area contributed by atoms with E-state index in [4.69, 9.17) is 0 Å². The Hall–Kier alpha value is -0.600. The van der Waals surface area contributed by atoms with Crippen LogP contribution in [0.15, 0.2) is 23.8 Å². The summed E-state index contributed by atoms with van der Waals surface area (Å²) in [6.45, 7) is 10.3. The van der Waals surface area contributed by atoms with Gasteiger partial charge in [-0.05, 0) is 37.5 Å². The summed E-state index contributed by atoms with van der Waals surface area (Å²) in [5.74, 6) is 0.397. The lowest BCUT2D eigenvalue weighted by Gasteiger charge is -2.50. The minimum absolute atomic E-state index is 0.0283. The maximum atomic E-state index is 10.1. The molecule has 0 unspecified atom stereocenters. The molecular formula is C15H24O2. The van der Waals surface area contributed by atoms with Crippen LogP contribution >= 0.6 is 0 Å². The van der Waals surface area contributed by atoms with Crippen molar-refractivity contribution in [1.29, 1.82) is 0 Å². The van der Waals surface area contributed by atoms with Gasteiger partial charge >= 0.3 is 0 Å². The van der Waals surface area contributed by atoms with Crippen molar-refractivity contribution in [3.63, 3.8) is 0 Å². The first-order chi connectivity index (χ1) is 7.86. The predicted molar refractivity (Wildman–Crippen MR) is 69.5 cm³/mol. The first kappa shape index (κ1) is 12.8. The van der Waals surface area contributed by atoms with Crippen molar-refractivity contribution in [3.8, 4) is 0 Å². The molecule has 0 bridgehead atoms. The van der Waals surface area contributed by atoms with Crippen LogP contribution in [-0.2, 0) is 0 Å². The van der Waals surface area contributed by atoms with Gasteiger partial charge in [-0.25, -0.2) is 0 Å². The number of hydrogen-bond donors (Lipinski definition) is 2. The van der Waals surface area contributed by atoms with Gasteiger partial charge in [0.05, 0.1) is 12.2 Å². The highest BCUT2D eigenvalue weighted by Gasteiger charge is 2.47.